The summed E-state index contributed by atoms with van der Waals surface area (Å²) in [6.07, 6.45) is 0. The van der Waals surface area contributed by atoms with Crippen molar-refractivity contribution in [2.24, 2.45) is 0 Å². The Labute approximate surface area is 189 Å². The average Bonchev–Trinajstić information content (AvgIpc) is 3.22. The van der Waals surface area contributed by atoms with Crippen molar-refractivity contribution in [1.29, 1.82) is 0 Å². The molecule has 11 heteroatoms. The largest absolute Gasteiger partial charge is 0.378 e. The van der Waals surface area contributed by atoms with Crippen LogP contribution in [0.15, 0.2) is 42.5 Å². The predicted octanol–water partition coefficient (Wildman–Crippen LogP) is 2.52. The number of anilines is 1. The fourth-order valence-electron chi connectivity index (χ4n) is 3.64. The van der Waals surface area contributed by atoms with Gasteiger partial charge in [-0.15, -0.1) is 5.10 Å². The van der Waals surface area contributed by atoms with Crippen LogP contribution in [0.1, 0.15) is 32.1 Å². The summed E-state index contributed by atoms with van der Waals surface area (Å²) in [6, 6.07) is 11.1. The lowest BCUT2D eigenvalue weighted by molar-refractivity contribution is -0.384. The van der Waals surface area contributed by atoms with Crippen LogP contribution in [0.2, 0.25) is 0 Å². The smallest absolute Gasteiger partial charge is 0.278 e. The van der Waals surface area contributed by atoms with E-state index in [9.17, 15) is 19.7 Å². The summed E-state index contributed by atoms with van der Waals surface area (Å²) < 4.78 is 6.67. The van der Waals surface area contributed by atoms with Gasteiger partial charge in [0.05, 0.1) is 29.5 Å². The molecule has 1 aliphatic heterocycles. The summed E-state index contributed by atoms with van der Waals surface area (Å²) >= 11 is 0. The van der Waals surface area contributed by atoms with Gasteiger partial charge in [-0.3, -0.25) is 19.7 Å². The van der Waals surface area contributed by atoms with Crippen LogP contribution in [0.5, 0.6) is 0 Å². The van der Waals surface area contributed by atoms with Crippen molar-refractivity contribution < 1.29 is 19.2 Å². The number of morpholine rings is 1. The number of nitro benzene ring substituents is 1. The van der Waals surface area contributed by atoms with Crippen LogP contribution in [-0.4, -0.2) is 62.9 Å². The normalized spacial score (nSPS) is 13.6. The Morgan fingerprint density at radius 2 is 1.85 bits per heavy atom. The molecule has 1 saturated heterocycles. The number of nitrogens with zero attached hydrogens (tertiary/aromatic N) is 5. The number of aromatic nitrogens is 3. The first kappa shape index (κ1) is 22.1. The van der Waals surface area contributed by atoms with Gasteiger partial charge in [0.15, 0.2) is 5.69 Å². The molecule has 0 aliphatic carbocycles. The van der Waals surface area contributed by atoms with E-state index in [-0.39, 0.29) is 17.3 Å². The number of nitro groups is 1. The molecule has 2 amide bonds. The molecule has 0 bridgehead atoms. The fraction of sp³-hybridized carbons (Fsp3) is 0.273. The Kier molecular flexibility index (Phi) is 6.13. The van der Waals surface area contributed by atoms with Crippen LogP contribution < -0.4 is 5.32 Å². The number of rotatable bonds is 5. The molecule has 0 saturated carbocycles. The number of nitrogens with one attached hydrogen (secondary N) is 1. The first-order chi connectivity index (χ1) is 15.9. The van der Waals surface area contributed by atoms with Crippen LogP contribution in [0.4, 0.5) is 11.4 Å². The molecule has 1 aromatic heterocycles. The number of ether oxygens (including phenoxy) is 1. The monoisotopic (exact) mass is 450 g/mol. The van der Waals surface area contributed by atoms with Crippen LogP contribution >= 0.6 is 0 Å². The Morgan fingerprint density at radius 3 is 2.58 bits per heavy atom. The van der Waals surface area contributed by atoms with E-state index in [4.69, 9.17) is 4.74 Å². The third-order valence-electron chi connectivity index (χ3n) is 5.51. The predicted molar refractivity (Wildman–Crippen MR) is 119 cm³/mol. The van der Waals surface area contributed by atoms with E-state index >= 15 is 0 Å². The van der Waals surface area contributed by atoms with Gasteiger partial charge in [-0.05, 0) is 37.6 Å². The topological polar surface area (TPSA) is 132 Å². The Balaban J connectivity index is 1.56. The van der Waals surface area contributed by atoms with Crippen molar-refractivity contribution in [3.63, 3.8) is 0 Å². The summed E-state index contributed by atoms with van der Waals surface area (Å²) in [5.74, 6) is -0.608. The lowest BCUT2D eigenvalue weighted by Gasteiger charge is -2.27. The molecule has 4 rings (SSSR count). The number of hydrogen-bond acceptors (Lipinski definition) is 7. The standard InChI is InChI=1S/C22H22N6O5/c1-14-18(22(30)26-9-11-33-12-10-26)7-4-8-19(14)23-21(29)20-15(2)27(25-24-20)16-5-3-6-17(13-16)28(31)32/h3-8,13H,9-12H2,1-2H3,(H,23,29). The molecule has 170 valence electrons. The minimum Gasteiger partial charge on any atom is -0.378 e. The van der Waals surface area contributed by atoms with Crippen molar-refractivity contribution in [3.05, 3.63) is 75.1 Å². The van der Waals surface area contributed by atoms with Gasteiger partial charge < -0.3 is 15.0 Å². The molecular formula is C22H22N6O5. The van der Waals surface area contributed by atoms with E-state index in [1.54, 1.807) is 43.0 Å². The summed E-state index contributed by atoms with van der Waals surface area (Å²) in [5.41, 5.74) is 2.46. The molecule has 3 aromatic rings. The van der Waals surface area contributed by atoms with Crippen LogP contribution in [0, 0.1) is 24.0 Å². The summed E-state index contributed by atoms with van der Waals surface area (Å²) in [5, 5.41) is 21.8. The van der Waals surface area contributed by atoms with E-state index in [0.717, 1.165) is 0 Å². The van der Waals surface area contributed by atoms with E-state index in [2.05, 4.69) is 15.6 Å². The molecule has 0 spiro atoms. The maximum absolute atomic E-state index is 12.9. The minimum absolute atomic E-state index is 0.0748. The van der Waals surface area contributed by atoms with Crippen LogP contribution in [0.25, 0.3) is 5.69 Å². The maximum Gasteiger partial charge on any atom is 0.278 e. The fourth-order valence-corrected chi connectivity index (χ4v) is 3.64. The van der Waals surface area contributed by atoms with Crippen molar-refractivity contribution >= 4 is 23.2 Å². The van der Waals surface area contributed by atoms with Gasteiger partial charge in [0.2, 0.25) is 0 Å². The van der Waals surface area contributed by atoms with Crippen molar-refractivity contribution in [2.75, 3.05) is 31.6 Å². The quantitative estimate of drug-likeness (QED) is 0.466. The van der Waals surface area contributed by atoms with E-state index < -0.39 is 10.8 Å². The van der Waals surface area contributed by atoms with E-state index in [0.29, 0.717) is 54.5 Å². The lowest BCUT2D eigenvalue weighted by Crippen LogP contribution is -2.41. The first-order valence-electron chi connectivity index (χ1n) is 10.3. The zero-order valence-electron chi connectivity index (χ0n) is 18.1. The van der Waals surface area contributed by atoms with Crippen LogP contribution in [0.3, 0.4) is 0 Å². The summed E-state index contributed by atoms with van der Waals surface area (Å²) in [6.45, 7) is 5.47. The second kappa shape index (κ2) is 9.17. The summed E-state index contributed by atoms with van der Waals surface area (Å²) in [4.78, 5) is 38.1. The SMILES string of the molecule is Cc1c(NC(=O)c2nnn(-c3cccc([N+](=O)[O-])c3)c2C)cccc1C(=O)N1CCOCC1. The number of non-ortho nitro benzene ring substituents is 1. The molecule has 2 heterocycles. The highest BCUT2D eigenvalue weighted by Gasteiger charge is 2.23. The van der Waals surface area contributed by atoms with Gasteiger partial charge in [-0.25, -0.2) is 4.68 Å². The van der Waals surface area contributed by atoms with Gasteiger partial charge in [0, 0.05) is 36.5 Å². The van der Waals surface area contributed by atoms with Crippen molar-refractivity contribution in [1.82, 2.24) is 19.9 Å². The number of carbonyl (C=O) groups is 2. The van der Waals surface area contributed by atoms with Gasteiger partial charge in [0.25, 0.3) is 17.5 Å². The molecule has 0 atom stereocenters. The maximum atomic E-state index is 12.9. The second-order valence-corrected chi connectivity index (χ2v) is 7.55. The van der Waals surface area contributed by atoms with Gasteiger partial charge in [-0.2, -0.15) is 0 Å². The first-order valence-corrected chi connectivity index (χ1v) is 10.3. The second-order valence-electron chi connectivity index (χ2n) is 7.55. The third kappa shape index (κ3) is 4.44. The van der Waals surface area contributed by atoms with E-state index in [1.807, 2.05) is 0 Å². The molecule has 33 heavy (non-hydrogen) atoms. The minimum atomic E-state index is -0.503. The molecule has 1 fully saturated rings. The number of hydrogen-bond donors (Lipinski definition) is 1. The highest BCUT2D eigenvalue weighted by Crippen LogP contribution is 2.23. The van der Waals surface area contributed by atoms with Crippen molar-refractivity contribution in [2.45, 2.75) is 13.8 Å². The highest BCUT2D eigenvalue weighted by atomic mass is 16.6. The molecule has 1 N–H and O–H groups in total. The van der Waals surface area contributed by atoms with Gasteiger partial charge in [0.1, 0.15) is 0 Å². The van der Waals surface area contributed by atoms with E-state index in [1.165, 1.54) is 22.9 Å². The lowest BCUT2D eigenvalue weighted by atomic mass is 10.0. The molecule has 0 radical (unpaired) electrons. The number of carbonyl (C=O) groups excluding carboxylic acids is 2. The number of amides is 2. The third-order valence-corrected chi connectivity index (χ3v) is 5.51. The Hall–Kier alpha value is -4.12. The average molecular weight is 450 g/mol. The molecule has 1 aliphatic rings. The number of benzene rings is 2. The molecule has 2 aromatic carbocycles. The zero-order chi connectivity index (χ0) is 23.5. The Morgan fingerprint density at radius 1 is 1.12 bits per heavy atom. The summed E-state index contributed by atoms with van der Waals surface area (Å²) in [7, 11) is 0. The highest BCUT2D eigenvalue weighted by molar-refractivity contribution is 6.05. The van der Waals surface area contributed by atoms with Gasteiger partial charge >= 0.3 is 0 Å². The molecular weight excluding hydrogens is 428 g/mol. The van der Waals surface area contributed by atoms with Crippen LogP contribution in [-0.2, 0) is 4.74 Å². The Bertz CT molecular complexity index is 1230. The molecule has 11 nitrogen and oxygen atoms in total. The van der Waals surface area contributed by atoms with Gasteiger partial charge in [-0.1, -0.05) is 17.3 Å². The zero-order valence-corrected chi connectivity index (χ0v) is 18.1. The molecule has 0 unspecified atom stereocenters. The van der Waals surface area contributed by atoms with Crippen molar-refractivity contribution in [3.8, 4) is 5.69 Å².